The second kappa shape index (κ2) is 6.28. The van der Waals surface area contributed by atoms with E-state index >= 15 is 0 Å². The molecule has 1 atom stereocenters. The Labute approximate surface area is 83.1 Å². The first-order valence-electron chi connectivity index (χ1n) is 4.70. The highest BCUT2D eigenvalue weighted by Crippen LogP contribution is 2.13. The third-order valence-electron chi connectivity index (χ3n) is 2.11. The summed E-state index contributed by atoms with van der Waals surface area (Å²) >= 11 is 0. The van der Waals surface area contributed by atoms with Gasteiger partial charge in [-0.05, 0) is 13.0 Å². The Morgan fingerprint density at radius 1 is 1.54 bits per heavy atom. The number of Topliss-reactive ketones (excluding diaryl/α,β-unsaturated/α-hetero) is 1. The molecule has 0 radical (unpaired) electrons. The van der Waals surface area contributed by atoms with E-state index < -0.39 is 0 Å². The summed E-state index contributed by atoms with van der Waals surface area (Å²) in [4.78, 5) is 13.7. The summed E-state index contributed by atoms with van der Waals surface area (Å²) < 4.78 is 0. The van der Waals surface area contributed by atoms with Crippen LogP contribution in [0.15, 0.2) is 0 Å². The van der Waals surface area contributed by atoms with Crippen molar-refractivity contribution in [3.05, 3.63) is 0 Å². The molecule has 0 aliphatic carbocycles. The normalized spacial score (nSPS) is 14.0. The number of hydrogen-bond acceptors (Lipinski definition) is 2. The summed E-state index contributed by atoms with van der Waals surface area (Å²) in [6, 6.07) is 0.0687. The van der Waals surface area contributed by atoms with E-state index in [1.54, 1.807) is 0 Å². The van der Waals surface area contributed by atoms with Gasteiger partial charge in [0.2, 0.25) is 0 Å². The fourth-order valence-corrected chi connectivity index (χ4v) is 2.07. The molecule has 0 aromatic rings. The third-order valence-corrected chi connectivity index (χ3v) is 2.75. The van der Waals surface area contributed by atoms with Gasteiger partial charge in [-0.25, -0.2) is 0 Å². The minimum Gasteiger partial charge on any atom is -0.298 e. The van der Waals surface area contributed by atoms with E-state index in [-0.39, 0.29) is 6.04 Å². The maximum absolute atomic E-state index is 11.6. The molecule has 0 fully saturated rings. The number of hydrogen-bond donors (Lipinski definition) is 0. The topological polar surface area (TPSA) is 20.3 Å². The first kappa shape index (κ1) is 12.8. The number of rotatable bonds is 6. The van der Waals surface area contributed by atoms with Crippen LogP contribution >= 0.6 is 8.20 Å². The van der Waals surface area contributed by atoms with Crippen LogP contribution in [0.2, 0.25) is 0 Å². The number of carbonyl (C=O) groups excluding carboxylic acids is 1. The molecule has 1 unspecified atom stereocenters. The zero-order valence-corrected chi connectivity index (χ0v) is 9.97. The van der Waals surface area contributed by atoms with Crippen LogP contribution in [0.1, 0.15) is 27.2 Å². The summed E-state index contributed by atoms with van der Waals surface area (Å²) in [6.07, 6.45) is 5.27. The van der Waals surface area contributed by atoms with Crippen molar-refractivity contribution in [2.24, 2.45) is 5.92 Å². The van der Waals surface area contributed by atoms with Crippen LogP contribution < -0.4 is 0 Å². The van der Waals surface area contributed by atoms with Crippen LogP contribution in [0.5, 0.6) is 0 Å². The lowest BCUT2D eigenvalue weighted by Gasteiger charge is -2.28. The predicted octanol–water partition coefficient (Wildman–Crippen LogP) is 2.26. The van der Waals surface area contributed by atoms with E-state index in [9.17, 15) is 4.79 Å². The van der Waals surface area contributed by atoms with Crippen molar-refractivity contribution in [1.82, 2.24) is 4.90 Å². The van der Waals surface area contributed by atoms with Crippen molar-refractivity contribution in [2.45, 2.75) is 33.2 Å². The van der Waals surface area contributed by atoms with Gasteiger partial charge in [0.05, 0.1) is 6.04 Å². The molecule has 0 rings (SSSR count). The van der Waals surface area contributed by atoms with E-state index in [0.717, 1.165) is 14.5 Å². The predicted molar refractivity (Wildman–Crippen MR) is 60.6 cm³/mol. The molecule has 0 saturated carbocycles. The van der Waals surface area contributed by atoms with Crippen LogP contribution in [0, 0.1) is 5.92 Å². The van der Waals surface area contributed by atoms with Gasteiger partial charge in [0.15, 0.2) is 0 Å². The van der Waals surface area contributed by atoms with Crippen LogP contribution in [-0.4, -0.2) is 36.4 Å². The van der Waals surface area contributed by atoms with Crippen LogP contribution in [0.4, 0.5) is 0 Å². The molecular formula is C10H20NOP. The molecule has 76 valence electrons. The lowest BCUT2D eigenvalue weighted by Crippen LogP contribution is -2.41. The SMILES string of the molecule is C=PCN(C)C(C(=O)CC)C(C)C. The molecule has 0 spiro atoms. The largest absolute Gasteiger partial charge is 0.298 e. The third kappa shape index (κ3) is 4.02. The molecule has 3 heteroatoms. The highest BCUT2D eigenvalue weighted by atomic mass is 31.1. The van der Waals surface area contributed by atoms with Gasteiger partial charge in [-0.1, -0.05) is 35.3 Å². The Balaban J connectivity index is 4.40. The second-order valence-corrected chi connectivity index (χ2v) is 4.36. The van der Waals surface area contributed by atoms with Crippen LogP contribution in [-0.2, 0) is 4.79 Å². The van der Waals surface area contributed by atoms with Crippen molar-refractivity contribution < 1.29 is 4.79 Å². The quantitative estimate of drug-likeness (QED) is 0.614. The van der Waals surface area contributed by atoms with Crippen LogP contribution in [0.3, 0.4) is 0 Å². The monoisotopic (exact) mass is 201 g/mol. The van der Waals surface area contributed by atoms with Gasteiger partial charge in [0.1, 0.15) is 5.78 Å². The molecule has 0 aliphatic heterocycles. The van der Waals surface area contributed by atoms with E-state index in [2.05, 4.69) is 25.0 Å². The number of carbonyl (C=O) groups is 1. The first-order valence-corrected chi connectivity index (χ1v) is 5.96. The van der Waals surface area contributed by atoms with Gasteiger partial charge in [0.25, 0.3) is 0 Å². The second-order valence-electron chi connectivity index (χ2n) is 3.63. The highest BCUT2D eigenvalue weighted by Gasteiger charge is 2.23. The average Bonchev–Trinajstić information content (AvgIpc) is 2.04. The maximum atomic E-state index is 11.6. The summed E-state index contributed by atoms with van der Waals surface area (Å²) in [5.41, 5.74) is 0. The summed E-state index contributed by atoms with van der Waals surface area (Å²) in [7, 11) is 3.07. The summed E-state index contributed by atoms with van der Waals surface area (Å²) in [5, 5.41) is 0. The zero-order chi connectivity index (χ0) is 10.4. The van der Waals surface area contributed by atoms with Gasteiger partial charge in [-0.15, -0.1) is 0 Å². The summed E-state index contributed by atoms with van der Waals surface area (Å²) in [5.74, 6) is 0.723. The van der Waals surface area contributed by atoms with Crippen molar-refractivity contribution in [1.29, 1.82) is 0 Å². The molecule has 0 amide bonds. The minimum atomic E-state index is 0.0687. The maximum Gasteiger partial charge on any atom is 0.149 e. The lowest BCUT2D eigenvalue weighted by molar-refractivity contribution is -0.124. The van der Waals surface area contributed by atoms with E-state index in [1.807, 2.05) is 14.0 Å². The number of ketones is 1. The standard InChI is InChI=1S/C10H20NOP/c1-6-9(12)10(8(2)3)11(4)7-13-5/h8,10H,5-7H2,1-4H3. The Kier molecular flexibility index (Phi) is 6.19. The van der Waals surface area contributed by atoms with E-state index in [1.165, 1.54) is 0 Å². The fraction of sp³-hybridized carbons (Fsp3) is 0.800. The molecular weight excluding hydrogens is 181 g/mol. The summed E-state index contributed by atoms with van der Waals surface area (Å²) in [6.45, 7) is 6.11. The smallest absolute Gasteiger partial charge is 0.149 e. The molecule has 0 aromatic heterocycles. The Hall–Kier alpha value is -0.200. The molecule has 0 bridgehead atoms. The van der Waals surface area contributed by atoms with Gasteiger partial charge >= 0.3 is 0 Å². The Morgan fingerprint density at radius 3 is 2.38 bits per heavy atom. The number of nitrogens with zero attached hydrogens (tertiary/aromatic N) is 1. The van der Waals surface area contributed by atoms with Gasteiger partial charge in [-0.2, -0.15) is 0 Å². The zero-order valence-electron chi connectivity index (χ0n) is 9.08. The molecule has 0 aromatic carbocycles. The van der Waals surface area contributed by atoms with Gasteiger partial charge in [0, 0.05) is 12.7 Å². The van der Waals surface area contributed by atoms with Gasteiger partial charge < -0.3 is 0 Å². The van der Waals surface area contributed by atoms with E-state index in [4.69, 9.17) is 0 Å². The molecule has 0 heterocycles. The average molecular weight is 201 g/mol. The van der Waals surface area contributed by atoms with E-state index in [0.29, 0.717) is 18.1 Å². The van der Waals surface area contributed by atoms with Crippen molar-refractivity contribution in [3.63, 3.8) is 0 Å². The molecule has 0 aliphatic rings. The fourth-order valence-electron chi connectivity index (χ4n) is 1.58. The van der Waals surface area contributed by atoms with Crippen LogP contribution in [0.25, 0.3) is 0 Å². The van der Waals surface area contributed by atoms with Crippen molar-refractivity contribution in [2.75, 3.05) is 13.3 Å². The molecule has 0 saturated heterocycles. The number of likely N-dealkylation sites (N-methyl/N-ethyl adjacent to an activating group) is 1. The Bertz CT molecular complexity index is 180. The Morgan fingerprint density at radius 2 is 2.08 bits per heavy atom. The lowest BCUT2D eigenvalue weighted by atomic mass is 9.97. The molecule has 0 N–H and O–H groups in total. The first-order chi connectivity index (χ1) is 6.04. The van der Waals surface area contributed by atoms with Crippen molar-refractivity contribution in [3.8, 4) is 0 Å². The minimum absolute atomic E-state index is 0.0687. The molecule has 13 heavy (non-hydrogen) atoms. The van der Waals surface area contributed by atoms with Gasteiger partial charge in [-0.3, -0.25) is 9.69 Å². The molecule has 2 nitrogen and oxygen atoms in total. The highest BCUT2D eigenvalue weighted by molar-refractivity contribution is 7.36. The van der Waals surface area contributed by atoms with Crippen molar-refractivity contribution >= 4 is 20.3 Å².